The maximum atomic E-state index is 13.5. The van der Waals surface area contributed by atoms with E-state index in [2.05, 4.69) is 17.0 Å². The van der Waals surface area contributed by atoms with E-state index in [0.29, 0.717) is 29.2 Å². The van der Waals surface area contributed by atoms with Crippen LogP contribution in [0.2, 0.25) is 5.02 Å². The number of likely N-dealkylation sites (tertiary alicyclic amines) is 1. The predicted octanol–water partition coefficient (Wildman–Crippen LogP) is 6.17. The van der Waals surface area contributed by atoms with Gasteiger partial charge in [-0.25, -0.2) is 4.39 Å². The number of carbonyl (C=O) groups is 2. The summed E-state index contributed by atoms with van der Waals surface area (Å²) in [4.78, 5) is 28.8. The molecule has 1 atom stereocenters. The van der Waals surface area contributed by atoms with E-state index in [4.69, 9.17) is 11.6 Å². The molecule has 0 N–H and O–H groups in total. The van der Waals surface area contributed by atoms with E-state index in [0.717, 1.165) is 25.1 Å². The van der Waals surface area contributed by atoms with E-state index in [9.17, 15) is 14.0 Å². The van der Waals surface area contributed by atoms with Crippen molar-refractivity contribution in [2.45, 2.75) is 25.8 Å². The standard InChI is InChI=1S/C28H26ClFN2O2/c1-19(33)20-2-4-22(5-3-20)27(34)31-16-14-28(15-17-31)18-32(25-12-10-24(30)11-13-25)26(28)21-6-8-23(29)9-7-21/h2-13,26H,14-18H2,1H3. The molecule has 3 aromatic rings. The Balaban J connectivity index is 1.35. The van der Waals surface area contributed by atoms with Crippen molar-refractivity contribution in [1.29, 1.82) is 0 Å². The topological polar surface area (TPSA) is 40.6 Å². The zero-order valence-electron chi connectivity index (χ0n) is 19.0. The molecule has 0 aromatic heterocycles. The molecule has 0 bridgehead atoms. The molecule has 0 saturated carbocycles. The van der Waals surface area contributed by atoms with Crippen LogP contribution < -0.4 is 4.90 Å². The minimum atomic E-state index is -0.245. The van der Waals surface area contributed by atoms with Crippen LogP contribution in [-0.2, 0) is 0 Å². The number of rotatable bonds is 4. The summed E-state index contributed by atoms with van der Waals surface area (Å²) in [6.45, 7) is 3.73. The van der Waals surface area contributed by atoms with Crippen LogP contribution in [0.1, 0.15) is 52.1 Å². The maximum Gasteiger partial charge on any atom is 0.253 e. The van der Waals surface area contributed by atoms with E-state index < -0.39 is 0 Å². The van der Waals surface area contributed by atoms with Gasteiger partial charge in [-0.3, -0.25) is 9.59 Å². The van der Waals surface area contributed by atoms with Crippen molar-refractivity contribution in [2.24, 2.45) is 5.41 Å². The number of carbonyl (C=O) groups excluding carboxylic acids is 2. The van der Waals surface area contributed by atoms with Crippen LogP contribution >= 0.6 is 11.6 Å². The Labute approximate surface area is 203 Å². The molecule has 2 saturated heterocycles. The second-order valence-electron chi connectivity index (χ2n) is 9.35. The average Bonchev–Trinajstić information content (AvgIpc) is 2.84. The third-order valence-electron chi connectivity index (χ3n) is 7.31. The number of benzene rings is 3. The van der Waals surface area contributed by atoms with Crippen LogP contribution in [0.4, 0.5) is 10.1 Å². The van der Waals surface area contributed by atoms with Crippen LogP contribution in [0, 0.1) is 11.2 Å². The van der Waals surface area contributed by atoms with Crippen LogP contribution in [0.15, 0.2) is 72.8 Å². The van der Waals surface area contributed by atoms with Gasteiger partial charge >= 0.3 is 0 Å². The molecule has 174 valence electrons. The summed E-state index contributed by atoms with van der Waals surface area (Å²) in [5.74, 6) is -0.254. The van der Waals surface area contributed by atoms with Gasteiger partial charge in [0.1, 0.15) is 5.82 Å². The Bertz CT molecular complexity index is 1200. The molecule has 2 fully saturated rings. The molecule has 1 spiro atoms. The molecule has 2 aliphatic heterocycles. The largest absolute Gasteiger partial charge is 0.363 e. The Kier molecular flexibility index (Phi) is 5.90. The molecule has 4 nitrogen and oxygen atoms in total. The molecule has 0 aliphatic carbocycles. The number of Topliss-reactive ketones (excluding diaryl/α,β-unsaturated/α-hetero) is 1. The van der Waals surface area contributed by atoms with Gasteiger partial charge in [-0.15, -0.1) is 0 Å². The Morgan fingerprint density at radius 1 is 0.882 bits per heavy atom. The second kappa shape index (κ2) is 8.88. The molecular weight excluding hydrogens is 451 g/mol. The quantitative estimate of drug-likeness (QED) is 0.423. The number of halogens is 2. The van der Waals surface area contributed by atoms with Gasteiger partial charge in [0.05, 0.1) is 6.04 Å². The third kappa shape index (κ3) is 4.09. The molecule has 1 unspecified atom stereocenters. The van der Waals surface area contributed by atoms with E-state index in [1.165, 1.54) is 24.6 Å². The zero-order valence-corrected chi connectivity index (χ0v) is 19.8. The van der Waals surface area contributed by atoms with Gasteiger partial charge in [0.25, 0.3) is 5.91 Å². The highest BCUT2D eigenvalue weighted by Gasteiger charge is 2.54. The van der Waals surface area contributed by atoms with E-state index in [1.807, 2.05) is 29.2 Å². The fourth-order valence-electron chi connectivity index (χ4n) is 5.40. The molecular formula is C28H26ClFN2O2. The first-order valence-electron chi connectivity index (χ1n) is 11.5. The lowest BCUT2D eigenvalue weighted by molar-refractivity contribution is 0.0271. The first-order valence-corrected chi connectivity index (χ1v) is 11.9. The average molecular weight is 477 g/mol. The van der Waals surface area contributed by atoms with Crippen molar-refractivity contribution < 1.29 is 14.0 Å². The summed E-state index contributed by atoms with van der Waals surface area (Å²) < 4.78 is 13.5. The summed E-state index contributed by atoms with van der Waals surface area (Å²) in [6, 6.07) is 21.6. The van der Waals surface area contributed by atoms with Crippen LogP contribution in [0.5, 0.6) is 0 Å². The lowest BCUT2D eigenvalue weighted by atomic mass is 9.63. The minimum absolute atomic E-state index is 0.00251. The van der Waals surface area contributed by atoms with Gasteiger partial charge in [0, 0.05) is 46.9 Å². The van der Waals surface area contributed by atoms with Crippen LogP contribution in [-0.4, -0.2) is 36.2 Å². The van der Waals surface area contributed by atoms with Gasteiger partial charge in [-0.05, 0) is 73.9 Å². The van der Waals surface area contributed by atoms with Crippen LogP contribution in [0.3, 0.4) is 0 Å². The summed E-state index contributed by atoms with van der Waals surface area (Å²) in [5.41, 5.74) is 3.43. The zero-order chi connectivity index (χ0) is 23.9. The lowest BCUT2D eigenvalue weighted by Crippen LogP contribution is -2.62. The smallest absolute Gasteiger partial charge is 0.253 e. The van der Waals surface area contributed by atoms with Gasteiger partial charge in [-0.1, -0.05) is 35.9 Å². The predicted molar refractivity (Wildman–Crippen MR) is 132 cm³/mol. The Morgan fingerprint density at radius 2 is 1.47 bits per heavy atom. The van der Waals surface area contributed by atoms with Crippen molar-refractivity contribution >= 4 is 29.0 Å². The van der Waals surface area contributed by atoms with E-state index in [1.54, 1.807) is 24.3 Å². The van der Waals surface area contributed by atoms with Crippen molar-refractivity contribution in [1.82, 2.24) is 4.90 Å². The first kappa shape index (κ1) is 22.6. The number of amides is 1. The highest BCUT2D eigenvalue weighted by Crippen LogP contribution is 2.56. The fourth-order valence-corrected chi connectivity index (χ4v) is 5.53. The number of piperidine rings is 1. The summed E-state index contributed by atoms with van der Waals surface area (Å²) >= 11 is 6.15. The maximum absolute atomic E-state index is 13.5. The first-order chi connectivity index (χ1) is 16.4. The minimum Gasteiger partial charge on any atom is -0.363 e. The highest BCUT2D eigenvalue weighted by molar-refractivity contribution is 6.30. The van der Waals surface area contributed by atoms with Gasteiger partial charge in [0.15, 0.2) is 5.78 Å². The summed E-state index contributed by atoms with van der Waals surface area (Å²) in [5, 5.41) is 0.696. The summed E-state index contributed by atoms with van der Waals surface area (Å²) in [7, 11) is 0. The Morgan fingerprint density at radius 3 is 2.06 bits per heavy atom. The molecule has 1 amide bonds. The number of ketones is 1. The van der Waals surface area contributed by atoms with Gasteiger partial charge < -0.3 is 9.80 Å². The van der Waals surface area contributed by atoms with E-state index in [-0.39, 0.29) is 29.0 Å². The van der Waals surface area contributed by atoms with Crippen molar-refractivity contribution in [3.63, 3.8) is 0 Å². The normalized spacial score (nSPS) is 19.1. The lowest BCUT2D eigenvalue weighted by Gasteiger charge is -2.61. The Hall–Kier alpha value is -3.18. The molecule has 6 heteroatoms. The fraction of sp³-hybridized carbons (Fsp3) is 0.286. The molecule has 34 heavy (non-hydrogen) atoms. The highest BCUT2D eigenvalue weighted by atomic mass is 35.5. The number of anilines is 1. The summed E-state index contributed by atoms with van der Waals surface area (Å²) in [6.07, 6.45) is 1.77. The molecule has 0 radical (unpaired) electrons. The molecule has 3 aromatic carbocycles. The van der Waals surface area contributed by atoms with Crippen LogP contribution in [0.25, 0.3) is 0 Å². The SMILES string of the molecule is CC(=O)c1ccc(C(=O)N2CCC3(CC2)CN(c2ccc(F)cc2)C3c2ccc(Cl)cc2)cc1. The van der Waals surface area contributed by atoms with Crippen molar-refractivity contribution in [3.05, 3.63) is 100 Å². The molecule has 2 aliphatic rings. The van der Waals surface area contributed by atoms with Crippen molar-refractivity contribution in [3.8, 4) is 0 Å². The van der Waals surface area contributed by atoms with Gasteiger partial charge in [0.2, 0.25) is 0 Å². The second-order valence-corrected chi connectivity index (χ2v) is 9.78. The monoisotopic (exact) mass is 476 g/mol. The molecule has 5 rings (SSSR count). The number of hydrogen-bond acceptors (Lipinski definition) is 3. The van der Waals surface area contributed by atoms with Crippen molar-refractivity contribution in [2.75, 3.05) is 24.5 Å². The van der Waals surface area contributed by atoms with E-state index >= 15 is 0 Å². The molecule has 2 heterocycles. The number of nitrogens with zero attached hydrogens (tertiary/aromatic N) is 2. The van der Waals surface area contributed by atoms with Gasteiger partial charge in [-0.2, -0.15) is 0 Å². The number of hydrogen-bond donors (Lipinski definition) is 0. The third-order valence-corrected chi connectivity index (χ3v) is 7.56.